The average molecular weight is 331 g/mol. The van der Waals surface area contributed by atoms with E-state index in [1.54, 1.807) is 0 Å². The molecule has 0 aromatic heterocycles. The van der Waals surface area contributed by atoms with Crippen molar-refractivity contribution < 1.29 is 18.3 Å². The van der Waals surface area contributed by atoms with E-state index in [2.05, 4.69) is 0 Å². The van der Waals surface area contributed by atoms with Crippen molar-refractivity contribution in [1.29, 1.82) is 0 Å². The maximum Gasteiger partial charge on any atom is 0.335 e. The number of hydrogen-bond acceptors (Lipinski definition) is 3. The van der Waals surface area contributed by atoms with Gasteiger partial charge in [-0.1, -0.05) is 29.3 Å². The quantitative estimate of drug-likeness (QED) is 0.934. The minimum Gasteiger partial charge on any atom is -0.478 e. The molecule has 0 aliphatic rings. The zero-order valence-electron chi connectivity index (χ0n) is 9.88. The highest BCUT2D eigenvalue weighted by molar-refractivity contribution is 7.91. The molecular weight excluding hydrogens is 323 g/mol. The first kappa shape index (κ1) is 14.8. The van der Waals surface area contributed by atoms with Gasteiger partial charge in [0, 0.05) is 10.0 Å². The Morgan fingerprint density at radius 1 is 0.950 bits per heavy atom. The molecular formula is C13H8Cl2O4S. The van der Waals surface area contributed by atoms with Crippen LogP contribution in [0.1, 0.15) is 10.4 Å². The number of carboxylic acids is 1. The number of benzene rings is 2. The van der Waals surface area contributed by atoms with E-state index in [0.29, 0.717) is 0 Å². The average Bonchev–Trinajstić information content (AvgIpc) is 2.37. The zero-order chi connectivity index (χ0) is 14.9. The summed E-state index contributed by atoms with van der Waals surface area (Å²) < 4.78 is 24.8. The molecule has 0 atom stereocenters. The molecule has 0 saturated heterocycles. The lowest BCUT2D eigenvalue weighted by molar-refractivity contribution is 0.0696. The molecule has 0 bridgehead atoms. The summed E-state index contributed by atoms with van der Waals surface area (Å²) in [5.41, 5.74) is -0.112. The topological polar surface area (TPSA) is 71.4 Å². The first-order chi connectivity index (χ1) is 9.30. The van der Waals surface area contributed by atoms with E-state index in [0.717, 1.165) is 6.07 Å². The molecule has 20 heavy (non-hydrogen) atoms. The second-order valence-corrected chi connectivity index (χ2v) is 6.76. The number of sulfone groups is 1. The Balaban J connectivity index is 2.60. The van der Waals surface area contributed by atoms with Crippen LogP contribution in [0.25, 0.3) is 0 Å². The van der Waals surface area contributed by atoms with Crippen LogP contribution in [0.5, 0.6) is 0 Å². The maximum absolute atomic E-state index is 12.4. The Kier molecular flexibility index (Phi) is 4.04. The Morgan fingerprint density at radius 2 is 1.55 bits per heavy atom. The van der Waals surface area contributed by atoms with Crippen LogP contribution in [-0.2, 0) is 9.84 Å². The minimum absolute atomic E-state index is 0.0856. The monoisotopic (exact) mass is 330 g/mol. The highest BCUT2D eigenvalue weighted by Gasteiger charge is 2.20. The Bertz CT molecular complexity index is 764. The molecule has 0 unspecified atom stereocenters. The number of halogens is 2. The van der Waals surface area contributed by atoms with Gasteiger partial charge in [0.15, 0.2) is 0 Å². The van der Waals surface area contributed by atoms with Crippen LogP contribution >= 0.6 is 23.2 Å². The summed E-state index contributed by atoms with van der Waals surface area (Å²) in [5.74, 6) is -1.20. The summed E-state index contributed by atoms with van der Waals surface area (Å²) in [7, 11) is -3.87. The zero-order valence-corrected chi connectivity index (χ0v) is 12.2. The predicted molar refractivity (Wildman–Crippen MR) is 75.3 cm³/mol. The lowest BCUT2D eigenvalue weighted by atomic mass is 10.2. The number of aromatic carboxylic acids is 1. The van der Waals surface area contributed by atoms with E-state index in [1.165, 1.54) is 36.4 Å². The van der Waals surface area contributed by atoms with Gasteiger partial charge >= 0.3 is 5.97 Å². The third-order valence-corrected chi connectivity index (χ3v) is 4.70. The van der Waals surface area contributed by atoms with Crippen molar-refractivity contribution in [1.82, 2.24) is 0 Å². The number of carbonyl (C=O) groups is 1. The Labute approximate surface area is 125 Å². The third-order valence-electron chi connectivity index (χ3n) is 2.54. The third kappa shape index (κ3) is 2.95. The van der Waals surface area contributed by atoms with E-state index in [4.69, 9.17) is 28.3 Å². The highest BCUT2D eigenvalue weighted by Crippen LogP contribution is 2.27. The fourth-order valence-corrected chi connectivity index (χ4v) is 3.65. The summed E-state index contributed by atoms with van der Waals surface area (Å²) >= 11 is 11.6. The molecule has 0 aliphatic heterocycles. The maximum atomic E-state index is 12.4. The van der Waals surface area contributed by atoms with Crippen molar-refractivity contribution in [2.75, 3.05) is 0 Å². The molecule has 2 aromatic carbocycles. The number of rotatable bonds is 3. The van der Waals surface area contributed by atoms with Gasteiger partial charge < -0.3 is 5.11 Å². The molecule has 0 radical (unpaired) electrons. The molecule has 4 nitrogen and oxygen atoms in total. The van der Waals surface area contributed by atoms with Crippen LogP contribution in [0.3, 0.4) is 0 Å². The molecule has 0 spiro atoms. The fraction of sp³-hybridized carbons (Fsp3) is 0. The van der Waals surface area contributed by atoms with Crippen molar-refractivity contribution in [3.05, 3.63) is 58.1 Å². The largest absolute Gasteiger partial charge is 0.478 e. The van der Waals surface area contributed by atoms with Gasteiger partial charge in [-0.05, 0) is 36.4 Å². The van der Waals surface area contributed by atoms with Gasteiger partial charge in [-0.15, -0.1) is 0 Å². The van der Waals surface area contributed by atoms with Crippen molar-refractivity contribution in [2.45, 2.75) is 9.79 Å². The van der Waals surface area contributed by atoms with Gasteiger partial charge in [-0.2, -0.15) is 0 Å². The van der Waals surface area contributed by atoms with Crippen LogP contribution in [-0.4, -0.2) is 19.5 Å². The van der Waals surface area contributed by atoms with E-state index in [9.17, 15) is 13.2 Å². The highest BCUT2D eigenvalue weighted by atomic mass is 35.5. The van der Waals surface area contributed by atoms with Crippen LogP contribution in [0, 0.1) is 0 Å². The normalized spacial score (nSPS) is 11.3. The molecule has 2 rings (SSSR count). The smallest absolute Gasteiger partial charge is 0.335 e. The SMILES string of the molecule is O=C(O)c1cccc(S(=O)(=O)c2cc(Cl)cc(Cl)c2)c1. The lowest BCUT2D eigenvalue weighted by Crippen LogP contribution is -2.04. The summed E-state index contributed by atoms with van der Waals surface area (Å²) in [5, 5.41) is 9.27. The van der Waals surface area contributed by atoms with Gasteiger partial charge in [0.1, 0.15) is 0 Å². The van der Waals surface area contributed by atoms with Gasteiger partial charge in [0.25, 0.3) is 0 Å². The van der Waals surface area contributed by atoms with Crippen LogP contribution < -0.4 is 0 Å². The standard InChI is InChI=1S/C13H8Cl2O4S/c14-9-5-10(15)7-12(6-9)20(18,19)11-3-1-2-8(4-11)13(16)17/h1-7H,(H,16,17). The lowest BCUT2D eigenvalue weighted by Gasteiger charge is -2.06. The van der Waals surface area contributed by atoms with Gasteiger partial charge in [-0.3, -0.25) is 0 Å². The minimum atomic E-state index is -3.87. The van der Waals surface area contributed by atoms with Gasteiger partial charge in [0.05, 0.1) is 15.4 Å². The second kappa shape index (κ2) is 5.44. The van der Waals surface area contributed by atoms with E-state index in [1.807, 2.05) is 0 Å². The molecule has 0 fully saturated rings. The molecule has 1 N–H and O–H groups in total. The van der Waals surface area contributed by atoms with E-state index >= 15 is 0 Å². The van der Waals surface area contributed by atoms with E-state index < -0.39 is 15.8 Å². The van der Waals surface area contributed by atoms with E-state index in [-0.39, 0.29) is 25.4 Å². The summed E-state index contributed by atoms with van der Waals surface area (Å²) in [6.45, 7) is 0. The molecule has 0 saturated carbocycles. The van der Waals surface area contributed by atoms with Crippen LogP contribution in [0.4, 0.5) is 0 Å². The Hall–Kier alpha value is -1.56. The van der Waals surface area contributed by atoms with Crippen molar-refractivity contribution in [2.24, 2.45) is 0 Å². The summed E-state index contributed by atoms with van der Waals surface area (Å²) in [6.07, 6.45) is 0. The summed E-state index contributed by atoms with van der Waals surface area (Å²) in [6, 6.07) is 9.01. The first-order valence-electron chi connectivity index (χ1n) is 5.35. The molecule has 2 aromatic rings. The molecule has 0 amide bonds. The van der Waals surface area contributed by atoms with Gasteiger partial charge in [-0.25, -0.2) is 13.2 Å². The molecule has 0 aliphatic carbocycles. The van der Waals surface area contributed by atoms with Crippen molar-refractivity contribution in [3.63, 3.8) is 0 Å². The molecule has 104 valence electrons. The van der Waals surface area contributed by atoms with Crippen molar-refractivity contribution in [3.8, 4) is 0 Å². The molecule has 7 heteroatoms. The number of carboxylic acid groups (broad SMARTS) is 1. The second-order valence-electron chi connectivity index (χ2n) is 3.94. The van der Waals surface area contributed by atoms with Crippen LogP contribution in [0.2, 0.25) is 10.0 Å². The Morgan fingerprint density at radius 3 is 2.10 bits per heavy atom. The fourth-order valence-electron chi connectivity index (χ4n) is 1.62. The molecule has 0 heterocycles. The summed E-state index contributed by atoms with van der Waals surface area (Å²) in [4.78, 5) is 10.7. The number of hydrogen-bond donors (Lipinski definition) is 1. The van der Waals surface area contributed by atoms with Crippen molar-refractivity contribution >= 4 is 39.0 Å². The first-order valence-corrected chi connectivity index (χ1v) is 7.59. The van der Waals surface area contributed by atoms with Gasteiger partial charge in [0.2, 0.25) is 9.84 Å². The predicted octanol–water partition coefficient (Wildman–Crippen LogP) is 3.52. The van der Waals surface area contributed by atoms with Crippen LogP contribution in [0.15, 0.2) is 52.3 Å².